The first-order chi connectivity index (χ1) is 11.8. The quantitative estimate of drug-likeness (QED) is 0.641. The minimum absolute atomic E-state index is 0.168. The number of aliphatic carboxylic acids is 1. The van der Waals surface area contributed by atoms with Gasteiger partial charge in [-0.25, -0.2) is 0 Å². The molecule has 0 aromatic heterocycles. The highest BCUT2D eigenvalue weighted by molar-refractivity contribution is 5.99. The lowest BCUT2D eigenvalue weighted by atomic mass is 10.1. The molecular formula is C17H14F3N2O3-. The Morgan fingerprint density at radius 1 is 1.20 bits per heavy atom. The molecular weight excluding hydrogens is 337 g/mol. The average Bonchev–Trinajstić information content (AvgIpc) is 2.57. The second kappa shape index (κ2) is 7.69. The Bertz CT molecular complexity index is 789. The molecule has 132 valence electrons. The fraction of sp³-hybridized carbons (Fsp3) is 0.176. The van der Waals surface area contributed by atoms with E-state index in [9.17, 15) is 23.1 Å². The number of carbonyl (C=O) groups is 1. The molecule has 0 unspecified atom stereocenters. The van der Waals surface area contributed by atoms with Crippen molar-refractivity contribution >= 4 is 17.4 Å². The number of alkyl halides is 3. The number of ether oxygens (including phenoxy) is 1. The van der Waals surface area contributed by atoms with E-state index < -0.39 is 24.3 Å². The number of hydrogen-bond acceptors (Lipinski definition) is 5. The summed E-state index contributed by atoms with van der Waals surface area (Å²) in [5.41, 5.74) is 2.38. The van der Waals surface area contributed by atoms with Crippen LogP contribution < -0.4 is 15.3 Å². The maximum Gasteiger partial charge on any atom is 0.418 e. The first-order valence-corrected chi connectivity index (χ1v) is 7.17. The maximum atomic E-state index is 12.9. The summed E-state index contributed by atoms with van der Waals surface area (Å²) in [6.45, 7) is 0.998. The molecule has 0 radical (unpaired) electrons. The number of anilines is 1. The molecule has 0 aliphatic rings. The third-order valence-corrected chi connectivity index (χ3v) is 3.19. The van der Waals surface area contributed by atoms with Gasteiger partial charge in [0.1, 0.15) is 12.4 Å². The van der Waals surface area contributed by atoms with Crippen LogP contribution in [-0.4, -0.2) is 18.3 Å². The lowest BCUT2D eigenvalue weighted by molar-refractivity contribution is -0.307. The molecule has 0 bridgehead atoms. The summed E-state index contributed by atoms with van der Waals surface area (Å²) in [4.78, 5) is 10.4. The minimum Gasteiger partial charge on any atom is -0.546 e. The van der Waals surface area contributed by atoms with Gasteiger partial charge in [-0.15, -0.1) is 0 Å². The predicted octanol–water partition coefficient (Wildman–Crippen LogP) is 2.67. The van der Waals surface area contributed by atoms with E-state index in [4.69, 9.17) is 4.74 Å². The van der Waals surface area contributed by atoms with Crippen molar-refractivity contribution < 1.29 is 27.8 Å². The molecule has 0 heterocycles. The average molecular weight is 351 g/mol. The largest absolute Gasteiger partial charge is 0.546 e. The van der Waals surface area contributed by atoms with Crippen LogP contribution in [0.4, 0.5) is 18.9 Å². The van der Waals surface area contributed by atoms with Crippen LogP contribution in [0, 0.1) is 0 Å². The smallest absolute Gasteiger partial charge is 0.418 e. The van der Waals surface area contributed by atoms with Gasteiger partial charge in [0.2, 0.25) is 0 Å². The fourth-order valence-electron chi connectivity index (χ4n) is 1.99. The highest BCUT2D eigenvalue weighted by atomic mass is 19.4. The van der Waals surface area contributed by atoms with Crippen molar-refractivity contribution in [1.82, 2.24) is 0 Å². The first kappa shape index (κ1) is 18.3. The van der Waals surface area contributed by atoms with Crippen LogP contribution >= 0.6 is 0 Å². The van der Waals surface area contributed by atoms with Gasteiger partial charge in [-0.3, -0.25) is 5.43 Å². The van der Waals surface area contributed by atoms with Crippen LogP contribution in [0.2, 0.25) is 0 Å². The van der Waals surface area contributed by atoms with Crippen molar-refractivity contribution in [3.8, 4) is 5.75 Å². The zero-order valence-electron chi connectivity index (χ0n) is 13.1. The second-order valence-corrected chi connectivity index (χ2v) is 5.04. The molecule has 0 fully saturated rings. The van der Waals surface area contributed by atoms with Crippen molar-refractivity contribution in [3.63, 3.8) is 0 Å². The summed E-state index contributed by atoms with van der Waals surface area (Å²) in [6.07, 6.45) is -4.49. The summed E-state index contributed by atoms with van der Waals surface area (Å²) in [7, 11) is 0. The third kappa shape index (κ3) is 5.23. The number of benzene rings is 2. The standard InChI is InChI=1S/C17H15F3N2O3/c1-11(12-5-4-6-13(9-12)25-10-16(23)24)21-22-15-8-3-2-7-14(15)17(18,19)20/h2-9,22H,10H2,1H3,(H,23,24)/p-1/b21-11-. The SMILES string of the molecule is C/C(=N/Nc1ccccc1C(F)(F)F)c1cccc(OCC(=O)[O-])c1. The van der Waals surface area contributed by atoms with Crippen molar-refractivity contribution in [3.05, 3.63) is 59.7 Å². The van der Waals surface area contributed by atoms with Gasteiger partial charge in [-0.05, 0) is 31.2 Å². The molecule has 0 aliphatic heterocycles. The van der Waals surface area contributed by atoms with Gasteiger partial charge in [-0.2, -0.15) is 18.3 Å². The molecule has 2 aromatic rings. The van der Waals surface area contributed by atoms with E-state index in [1.54, 1.807) is 25.1 Å². The summed E-state index contributed by atoms with van der Waals surface area (Å²) in [6, 6.07) is 11.4. The van der Waals surface area contributed by atoms with Gasteiger partial charge in [0.25, 0.3) is 0 Å². The van der Waals surface area contributed by atoms with Gasteiger partial charge in [0.05, 0.1) is 22.9 Å². The number of para-hydroxylation sites is 1. The van der Waals surface area contributed by atoms with Gasteiger partial charge in [0, 0.05) is 5.56 Å². The Labute approximate surface area is 141 Å². The van der Waals surface area contributed by atoms with Gasteiger partial charge >= 0.3 is 6.18 Å². The molecule has 0 saturated heterocycles. The van der Waals surface area contributed by atoms with Crippen LogP contribution in [0.15, 0.2) is 53.6 Å². The van der Waals surface area contributed by atoms with Crippen LogP contribution in [0.5, 0.6) is 5.75 Å². The molecule has 2 rings (SSSR count). The summed E-state index contributed by atoms with van der Waals surface area (Å²) in [5, 5.41) is 14.4. The first-order valence-electron chi connectivity index (χ1n) is 7.17. The maximum absolute atomic E-state index is 12.9. The van der Waals surface area contributed by atoms with Gasteiger partial charge < -0.3 is 14.6 Å². The van der Waals surface area contributed by atoms with Crippen molar-refractivity contribution in [2.45, 2.75) is 13.1 Å². The van der Waals surface area contributed by atoms with Crippen LogP contribution in [-0.2, 0) is 11.0 Å². The Morgan fingerprint density at radius 2 is 1.92 bits per heavy atom. The number of hydrogen-bond donors (Lipinski definition) is 1. The molecule has 0 saturated carbocycles. The number of carboxylic acid groups (broad SMARTS) is 1. The highest BCUT2D eigenvalue weighted by Gasteiger charge is 2.33. The van der Waals surface area contributed by atoms with Crippen molar-refractivity contribution in [2.24, 2.45) is 5.10 Å². The predicted molar refractivity (Wildman–Crippen MR) is 84.2 cm³/mol. The molecule has 5 nitrogen and oxygen atoms in total. The monoisotopic (exact) mass is 351 g/mol. The van der Waals surface area contributed by atoms with Gasteiger partial charge in [-0.1, -0.05) is 24.3 Å². The Hall–Kier alpha value is -3.03. The number of halogens is 3. The molecule has 1 N–H and O–H groups in total. The number of carbonyl (C=O) groups excluding carboxylic acids is 1. The zero-order chi connectivity index (χ0) is 18.4. The fourth-order valence-corrected chi connectivity index (χ4v) is 1.99. The number of nitrogens with zero attached hydrogens (tertiary/aromatic N) is 1. The van der Waals surface area contributed by atoms with E-state index in [0.29, 0.717) is 11.3 Å². The number of rotatable bonds is 6. The molecule has 8 heteroatoms. The van der Waals surface area contributed by atoms with Crippen LogP contribution in [0.25, 0.3) is 0 Å². The van der Waals surface area contributed by atoms with Crippen LogP contribution in [0.1, 0.15) is 18.1 Å². The van der Waals surface area contributed by atoms with Crippen molar-refractivity contribution in [2.75, 3.05) is 12.0 Å². The minimum atomic E-state index is -4.49. The molecule has 0 amide bonds. The Balaban J connectivity index is 2.18. The summed E-state index contributed by atoms with van der Waals surface area (Å²) < 4.78 is 43.8. The van der Waals surface area contributed by atoms with E-state index in [2.05, 4.69) is 10.5 Å². The molecule has 0 spiro atoms. The van der Waals surface area contributed by atoms with E-state index in [0.717, 1.165) is 6.07 Å². The summed E-state index contributed by atoms with van der Waals surface area (Å²) in [5.74, 6) is -1.08. The highest BCUT2D eigenvalue weighted by Crippen LogP contribution is 2.34. The Kier molecular flexibility index (Phi) is 5.63. The van der Waals surface area contributed by atoms with E-state index in [1.165, 1.54) is 24.3 Å². The topological polar surface area (TPSA) is 73.8 Å². The van der Waals surface area contributed by atoms with Gasteiger partial charge in [0.15, 0.2) is 0 Å². The lowest BCUT2D eigenvalue weighted by Gasteiger charge is -2.12. The van der Waals surface area contributed by atoms with E-state index in [-0.39, 0.29) is 11.4 Å². The molecule has 0 atom stereocenters. The summed E-state index contributed by atoms with van der Waals surface area (Å²) >= 11 is 0. The number of nitrogens with one attached hydrogen (secondary N) is 1. The molecule has 2 aromatic carbocycles. The zero-order valence-corrected chi connectivity index (χ0v) is 13.1. The molecule has 0 aliphatic carbocycles. The van der Waals surface area contributed by atoms with Crippen LogP contribution in [0.3, 0.4) is 0 Å². The number of carboxylic acids is 1. The lowest BCUT2D eigenvalue weighted by Crippen LogP contribution is -2.28. The van der Waals surface area contributed by atoms with E-state index >= 15 is 0 Å². The molecule has 25 heavy (non-hydrogen) atoms. The Morgan fingerprint density at radius 3 is 2.60 bits per heavy atom. The normalized spacial score (nSPS) is 11.9. The number of hydrazone groups is 1. The van der Waals surface area contributed by atoms with Crippen molar-refractivity contribution in [1.29, 1.82) is 0 Å². The van der Waals surface area contributed by atoms with E-state index in [1.807, 2.05) is 0 Å². The second-order valence-electron chi connectivity index (χ2n) is 5.04. The third-order valence-electron chi connectivity index (χ3n) is 3.19.